The molecule has 2 fully saturated rings. The third-order valence-electron chi connectivity index (χ3n) is 4.93. The van der Waals surface area contributed by atoms with Crippen LogP contribution in [0.25, 0.3) is 0 Å². The van der Waals surface area contributed by atoms with Gasteiger partial charge >= 0.3 is 0 Å². The van der Waals surface area contributed by atoms with Gasteiger partial charge in [-0.15, -0.1) is 0 Å². The molecule has 0 aromatic rings. The fourth-order valence-electron chi connectivity index (χ4n) is 3.62. The topological polar surface area (TPSA) is 44.5 Å². The van der Waals surface area contributed by atoms with E-state index >= 15 is 0 Å². The van der Waals surface area contributed by atoms with Crippen molar-refractivity contribution in [3.05, 3.63) is 0 Å². The van der Waals surface area contributed by atoms with Gasteiger partial charge in [-0.05, 0) is 51.9 Å². The van der Waals surface area contributed by atoms with Gasteiger partial charge in [-0.1, -0.05) is 12.8 Å². The van der Waals surface area contributed by atoms with Gasteiger partial charge in [-0.3, -0.25) is 0 Å². The van der Waals surface area contributed by atoms with Crippen LogP contribution in [0.2, 0.25) is 0 Å². The molecule has 106 valence electrons. The van der Waals surface area contributed by atoms with Gasteiger partial charge in [0.15, 0.2) is 0 Å². The van der Waals surface area contributed by atoms with Crippen molar-refractivity contribution < 1.29 is 9.47 Å². The molecular weight excluding hydrogens is 226 g/mol. The Bertz CT molecular complexity index is 272. The van der Waals surface area contributed by atoms with E-state index in [2.05, 4.69) is 13.8 Å². The van der Waals surface area contributed by atoms with Gasteiger partial charge in [-0.2, -0.15) is 0 Å². The second kappa shape index (κ2) is 5.48. The second-order valence-electron chi connectivity index (χ2n) is 6.82. The number of nitrogens with two attached hydrogens (primary N) is 1. The van der Waals surface area contributed by atoms with Gasteiger partial charge in [0, 0.05) is 19.8 Å². The summed E-state index contributed by atoms with van der Waals surface area (Å²) >= 11 is 0. The number of hydrogen-bond donors (Lipinski definition) is 1. The molecule has 0 aromatic carbocycles. The van der Waals surface area contributed by atoms with E-state index in [1.807, 2.05) is 0 Å². The molecular formula is C15H29NO2. The van der Waals surface area contributed by atoms with Gasteiger partial charge in [0.2, 0.25) is 0 Å². The molecule has 0 amide bonds. The Hall–Kier alpha value is -0.120. The minimum atomic E-state index is -0.111. The Kier molecular flexibility index (Phi) is 4.35. The zero-order valence-corrected chi connectivity index (χ0v) is 12.2. The minimum Gasteiger partial charge on any atom is -0.379 e. The molecule has 2 N–H and O–H groups in total. The summed E-state index contributed by atoms with van der Waals surface area (Å²) in [6.07, 6.45) is 8.34. The highest BCUT2D eigenvalue weighted by atomic mass is 16.5. The van der Waals surface area contributed by atoms with Crippen LogP contribution >= 0.6 is 0 Å². The van der Waals surface area contributed by atoms with Crippen LogP contribution < -0.4 is 5.73 Å². The predicted molar refractivity (Wildman–Crippen MR) is 73.6 cm³/mol. The van der Waals surface area contributed by atoms with Gasteiger partial charge in [-0.25, -0.2) is 0 Å². The first-order valence-corrected chi connectivity index (χ1v) is 7.41. The lowest BCUT2D eigenvalue weighted by molar-refractivity contribution is -0.100. The molecule has 1 saturated carbocycles. The lowest BCUT2D eigenvalue weighted by Crippen LogP contribution is -2.46. The number of methoxy groups -OCH3 is 1. The van der Waals surface area contributed by atoms with E-state index in [4.69, 9.17) is 15.2 Å². The highest BCUT2D eigenvalue weighted by Gasteiger charge is 2.42. The van der Waals surface area contributed by atoms with Crippen LogP contribution in [0.4, 0.5) is 0 Å². The summed E-state index contributed by atoms with van der Waals surface area (Å²) in [7, 11) is 1.77. The Morgan fingerprint density at radius 2 is 2.06 bits per heavy atom. The third-order valence-corrected chi connectivity index (χ3v) is 4.93. The van der Waals surface area contributed by atoms with E-state index in [1.54, 1.807) is 7.11 Å². The van der Waals surface area contributed by atoms with Crippen molar-refractivity contribution in [3.63, 3.8) is 0 Å². The van der Waals surface area contributed by atoms with Crippen LogP contribution in [-0.2, 0) is 9.47 Å². The first-order valence-electron chi connectivity index (χ1n) is 7.41. The molecule has 0 aromatic heterocycles. The smallest absolute Gasteiger partial charge is 0.0685 e. The van der Waals surface area contributed by atoms with E-state index in [-0.39, 0.29) is 17.2 Å². The average molecular weight is 255 g/mol. The lowest BCUT2D eigenvalue weighted by atomic mass is 9.78. The highest BCUT2D eigenvalue weighted by Crippen LogP contribution is 2.43. The van der Waals surface area contributed by atoms with E-state index in [9.17, 15) is 0 Å². The van der Waals surface area contributed by atoms with E-state index in [1.165, 1.54) is 25.7 Å². The Labute approximate surface area is 111 Å². The zero-order valence-electron chi connectivity index (χ0n) is 12.2. The monoisotopic (exact) mass is 255 g/mol. The molecule has 3 nitrogen and oxygen atoms in total. The van der Waals surface area contributed by atoms with Crippen LogP contribution in [-0.4, -0.2) is 31.0 Å². The third kappa shape index (κ3) is 3.25. The van der Waals surface area contributed by atoms with Gasteiger partial charge in [0.05, 0.1) is 11.2 Å². The molecule has 2 atom stereocenters. The van der Waals surface area contributed by atoms with Crippen LogP contribution in [0.15, 0.2) is 0 Å². The summed E-state index contributed by atoms with van der Waals surface area (Å²) in [5.74, 6) is 0.603. The van der Waals surface area contributed by atoms with Crippen molar-refractivity contribution in [3.8, 4) is 0 Å². The zero-order chi connectivity index (χ0) is 13.2. The molecule has 2 aliphatic rings. The first kappa shape index (κ1) is 14.3. The number of hydrogen-bond acceptors (Lipinski definition) is 3. The molecule has 1 saturated heterocycles. The summed E-state index contributed by atoms with van der Waals surface area (Å²) in [4.78, 5) is 0. The summed E-state index contributed by atoms with van der Waals surface area (Å²) in [5.41, 5.74) is 6.49. The summed E-state index contributed by atoms with van der Waals surface area (Å²) in [6.45, 7) is 5.14. The van der Waals surface area contributed by atoms with Crippen LogP contribution in [0.5, 0.6) is 0 Å². The Morgan fingerprint density at radius 1 is 1.39 bits per heavy atom. The van der Waals surface area contributed by atoms with E-state index in [0.29, 0.717) is 5.92 Å². The molecule has 2 unspecified atom stereocenters. The van der Waals surface area contributed by atoms with Gasteiger partial charge in [0.25, 0.3) is 0 Å². The Morgan fingerprint density at radius 3 is 2.67 bits per heavy atom. The van der Waals surface area contributed by atoms with Gasteiger partial charge in [0.1, 0.15) is 0 Å². The quantitative estimate of drug-likeness (QED) is 0.840. The number of ether oxygens (including phenoxy) is 2. The Balaban J connectivity index is 1.92. The number of rotatable bonds is 4. The summed E-state index contributed by atoms with van der Waals surface area (Å²) in [5, 5.41) is 0. The molecule has 1 spiro atoms. The van der Waals surface area contributed by atoms with Gasteiger partial charge < -0.3 is 15.2 Å². The molecule has 0 radical (unpaired) electrons. The standard InChI is InChI=1S/C15H29NO2/c1-14(2,17-3)11-13(16)12-6-9-18-15(10-12)7-4-5-8-15/h12-13H,4-11,16H2,1-3H3. The largest absolute Gasteiger partial charge is 0.379 e. The van der Waals surface area contributed by atoms with E-state index in [0.717, 1.165) is 25.9 Å². The molecule has 0 bridgehead atoms. The maximum Gasteiger partial charge on any atom is 0.0685 e. The average Bonchev–Trinajstić information content (AvgIpc) is 2.77. The molecule has 2 rings (SSSR count). The van der Waals surface area contributed by atoms with Crippen molar-refractivity contribution in [1.29, 1.82) is 0 Å². The molecule has 1 aliphatic carbocycles. The normalized spacial score (nSPS) is 29.7. The van der Waals surface area contributed by atoms with Crippen molar-refractivity contribution in [1.82, 2.24) is 0 Å². The fraction of sp³-hybridized carbons (Fsp3) is 1.00. The maximum absolute atomic E-state index is 6.43. The van der Waals surface area contributed by atoms with Crippen LogP contribution in [0.3, 0.4) is 0 Å². The van der Waals surface area contributed by atoms with Crippen LogP contribution in [0.1, 0.15) is 58.8 Å². The summed E-state index contributed by atoms with van der Waals surface area (Å²) in [6, 6.07) is 0.237. The minimum absolute atomic E-state index is 0.111. The molecule has 18 heavy (non-hydrogen) atoms. The first-order chi connectivity index (χ1) is 8.46. The van der Waals surface area contributed by atoms with Crippen molar-refractivity contribution in [2.24, 2.45) is 11.7 Å². The van der Waals surface area contributed by atoms with Crippen molar-refractivity contribution >= 4 is 0 Å². The maximum atomic E-state index is 6.43. The van der Waals surface area contributed by atoms with E-state index < -0.39 is 0 Å². The molecule has 3 heteroatoms. The molecule has 1 aliphatic heterocycles. The fourth-order valence-corrected chi connectivity index (χ4v) is 3.62. The highest BCUT2D eigenvalue weighted by molar-refractivity contribution is 4.94. The predicted octanol–water partition coefficient (Wildman–Crippen LogP) is 2.87. The van der Waals surface area contributed by atoms with Crippen molar-refractivity contribution in [2.45, 2.75) is 76.0 Å². The second-order valence-corrected chi connectivity index (χ2v) is 6.82. The van der Waals surface area contributed by atoms with Crippen LogP contribution in [0, 0.1) is 5.92 Å². The SMILES string of the molecule is COC(C)(C)CC(N)C1CCOC2(CCCC2)C1. The lowest BCUT2D eigenvalue weighted by Gasteiger charge is -2.41. The summed E-state index contributed by atoms with van der Waals surface area (Å²) < 4.78 is 11.6. The van der Waals surface area contributed by atoms with Crippen molar-refractivity contribution in [2.75, 3.05) is 13.7 Å². The molecule has 1 heterocycles.